The van der Waals surface area contributed by atoms with Gasteiger partial charge in [0.15, 0.2) is 0 Å². The molecule has 118 valence electrons. The van der Waals surface area contributed by atoms with Crippen LogP contribution >= 0.6 is 0 Å². The van der Waals surface area contributed by atoms with E-state index in [0.717, 1.165) is 11.6 Å². The number of ether oxygens (including phenoxy) is 1. The smallest absolute Gasteiger partial charge is 0.126 e. The first-order valence-electron chi connectivity index (χ1n) is 7.20. The molecule has 0 radical (unpaired) electrons. The molecule has 0 saturated heterocycles. The van der Waals surface area contributed by atoms with Crippen molar-refractivity contribution in [3.63, 3.8) is 0 Å². The average Bonchev–Trinajstić information content (AvgIpc) is 2.50. The molecule has 5 heteroatoms. The van der Waals surface area contributed by atoms with Crippen molar-refractivity contribution in [1.29, 1.82) is 0 Å². The van der Waals surface area contributed by atoms with E-state index in [1.165, 1.54) is 12.1 Å². The highest BCUT2D eigenvalue weighted by molar-refractivity contribution is 5.32. The summed E-state index contributed by atoms with van der Waals surface area (Å²) in [6.45, 7) is 1.25. The third kappa shape index (κ3) is 4.51. The van der Waals surface area contributed by atoms with Crippen LogP contribution in [0.5, 0.6) is 5.75 Å². The maximum Gasteiger partial charge on any atom is 0.126 e. The minimum absolute atomic E-state index is 0.0392. The number of rotatable bonds is 7. The van der Waals surface area contributed by atoms with Crippen LogP contribution in [0, 0.1) is 11.6 Å². The van der Waals surface area contributed by atoms with Crippen molar-refractivity contribution >= 4 is 0 Å². The van der Waals surface area contributed by atoms with Gasteiger partial charge in [0, 0.05) is 18.5 Å². The van der Waals surface area contributed by atoms with Gasteiger partial charge in [0.2, 0.25) is 0 Å². The fourth-order valence-corrected chi connectivity index (χ4v) is 2.39. The molecule has 0 aromatic heterocycles. The molecule has 0 heterocycles. The molecule has 0 saturated carbocycles. The quantitative estimate of drug-likeness (QED) is 0.826. The first kappa shape index (κ1) is 16.4. The highest BCUT2D eigenvalue weighted by atomic mass is 19.1. The minimum atomic E-state index is -0.578. The predicted octanol–water partition coefficient (Wildman–Crippen LogP) is 2.59. The van der Waals surface area contributed by atoms with Gasteiger partial charge in [0.1, 0.15) is 24.0 Å². The second kappa shape index (κ2) is 7.87. The van der Waals surface area contributed by atoms with Gasteiger partial charge in [-0.1, -0.05) is 12.1 Å². The molecular weight excluding hydrogens is 286 g/mol. The van der Waals surface area contributed by atoms with E-state index in [0.29, 0.717) is 37.4 Å². The molecule has 0 amide bonds. The Labute approximate surface area is 128 Å². The second-order valence-electron chi connectivity index (χ2n) is 5.12. The van der Waals surface area contributed by atoms with Crippen molar-refractivity contribution < 1.29 is 13.5 Å². The number of hydrogen-bond donors (Lipinski definition) is 2. The molecule has 2 aromatic carbocycles. The fourth-order valence-electron chi connectivity index (χ4n) is 2.39. The molecule has 0 bridgehead atoms. The summed E-state index contributed by atoms with van der Waals surface area (Å²) < 4.78 is 32.1. The van der Waals surface area contributed by atoms with Crippen LogP contribution < -0.4 is 16.2 Å². The van der Waals surface area contributed by atoms with Gasteiger partial charge in [-0.25, -0.2) is 8.78 Å². The van der Waals surface area contributed by atoms with Gasteiger partial charge in [0.05, 0.1) is 0 Å². The van der Waals surface area contributed by atoms with Gasteiger partial charge in [0.25, 0.3) is 0 Å². The highest BCUT2D eigenvalue weighted by Crippen LogP contribution is 2.24. The Morgan fingerprint density at radius 3 is 2.36 bits per heavy atom. The molecule has 4 N–H and O–H groups in total. The Bertz CT molecular complexity index is 599. The van der Waals surface area contributed by atoms with Crippen LogP contribution in [0.2, 0.25) is 0 Å². The monoisotopic (exact) mass is 306 g/mol. The molecule has 0 aliphatic heterocycles. The molecule has 2 aromatic rings. The van der Waals surface area contributed by atoms with Crippen molar-refractivity contribution in [2.75, 3.05) is 19.7 Å². The Hall–Kier alpha value is -1.98. The van der Waals surface area contributed by atoms with Crippen molar-refractivity contribution in [3.8, 4) is 5.75 Å². The summed E-state index contributed by atoms with van der Waals surface area (Å²) in [6, 6.07) is 11.1. The van der Waals surface area contributed by atoms with Crippen LogP contribution in [0.4, 0.5) is 8.78 Å². The number of hydrogen-bond acceptors (Lipinski definition) is 3. The molecule has 22 heavy (non-hydrogen) atoms. The summed E-state index contributed by atoms with van der Waals surface area (Å²) in [5.74, 6) is -0.481. The van der Waals surface area contributed by atoms with E-state index in [1.54, 1.807) is 0 Å². The minimum Gasteiger partial charge on any atom is -0.492 e. The highest BCUT2D eigenvalue weighted by Gasteiger charge is 2.13. The molecule has 3 nitrogen and oxygen atoms in total. The van der Waals surface area contributed by atoms with E-state index >= 15 is 0 Å². The lowest BCUT2D eigenvalue weighted by atomic mass is 9.92. The van der Waals surface area contributed by atoms with Crippen molar-refractivity contribution in [1.82, 2.24) is 0 Å². The summed E-state index contributed by atoms with van der Waals surface area (Å²) >= 11 is 0. The van der Waals surface area contributed by atoms with E-state index < -0.39 is 11.6 Å². The van der Waals surface area contributed by atoms with Gasteiger partial charge in [-0.3, -0.25) is 0 Å². The zero-order chi connectivity index (χ0) is 15.9. The average molecular weight is 306 g/mol. The van der Waals surface area contributed by atoms with Gasteiger partial charge >= 0.3 is 0 Å². The van der Waals surface area contributed by atoms with Gasteiger partial charge in [-0.05, 0) is 48.4 Å². The molecule has 2 rings (SSSR count). The summed E-state index contributed by atoms with van der Waals surface area (Å²) in [5, 5.41) is 0. The molecule has 0 aliphatic carbocycles. The lowest BCUT2D eigenvalue weighted by molar-refractivity contribution is 0.328. The summed E-state index contributed by atoms with van der Waals surface area (Å²) in [4.78, 5) is 0. The molecule has 0 spiro atoms. The van der Waals surface area contributed by atoms with Crippen molar-refractivity contribution in [2.45, 2.75) is 12.3 Å². The first-order valence-corrected chi connectivity index (χ1v) is 7.20. The van der Waals surface area contributed by atoms with Crippen LogP contribution in [-0.4, -0.2) is 19.7 Å². The molecule has 1 atom stereocenters. The van der Waals surface area contributed by atoms with Crippen LogP contribution in [-0.2, 0) is 6.42 Å². The Kier molecular flexibility index (Phi) is 5.86. The van der Waals surface area contributed by atoms with Crippen LogP contribution in [0.25, 0.3) is 0 Å². The third-order valence-electron chi connectivity index (χ3n) is 3.41. The third-order valence-corrected chi connectivity index (χ3v) is 3.41. The molecular formula is C17H20F2N2O. The van der Waals surface area contributed by atoms with E-state index in [1.807, 2.05) is 24.3 Å². The first-order chi connectivity index (χ1) is 10.6. The zero-order valence-electron chi connectivity index (χ0n) is 12.3. The van der Waals surface area contributed by atoms with E-state index in [2.05, 4.69) is 0 Å². The zero-order valence-corrected chi connectivity index (χ0v) is 12.3. The fraction of sp³-hybridized carbons (Fsp3) is 0.294. The van der Waals surface area contributed by atoms with Gasteiger partial charge < -0.3 is 16.2 Å². The van der Waals surface area contributed by atoms with E-state index in [4.69, 9.17) is 16.2 Å². The van der Waals surface area contributed by atoms with Crippen LogP contribution in [0.1, 0.15) is 17.0 Å². The number of halogens is 2. The van der Waals surface area contributed by atoms with Crippen LogP contribution in [0.3, 0.4) is 0 Å². The Morgan fingerprint density at radius 2 is 1.73 bits per heavy atom. The summed E-state index contributed by atoms with van der Waals surface area (Å²) in [6.07, 6.45) is 0.464. The SMILES string of the molecule is NCCOc1cccc(C(CN)Cc2cc(F)cc(F)c2)c1. The van der Waals surface area contributed by atoms with Crippen molar-refractivity contribution in [3.05, 3.63) is 65.2 Å². The van der Waals surface area contributed by atoms with E-state index in [-0.39, 0.29) is 5.92 Å². The second-order valence-corrected chi connectivity index (χ2v) is 5.12. The molecule has 1 unspecified atom stereocenters. The lowest BCUT2D eigenvalue weighted by Crippen LogP contribution is -2.16. The van der Waals surface area contributed by atoms with Crippen molar-refractivity contribution in [2.24, 2.45) is 11.5 Å². The van der Waals surface area contributed by atoms with E-state index in [9.17, 15) is 8.78 Å². The number of nitrogens with two attached hydrogens (primary N) is 2. The maximum atomic E-state index is 13.3. The predicted molar refractivity (Wildman–Crippen MR) is 82.8 cm³/mol. The van der Waals surface area contributed by atoms with Gasteiger partial charge in [-0.2, -0.15) is 0 Å². The standard InChI is InChI=1S/C17H20F2N2O/c18-15-7-12(8-16(19)10-15)6-14(11-21)13-2-1-3-17(9-13)22-5-4-20/h1-3,7-10,14H,4-6,11,20-21H2. The molecule has 0 aliphatic rings. The lowest BCUT2D eigenvalue weighted by Gasteiger charge is -2.17. The number of benzene rings is 2. The topological polar surface area (TPSA) is 61.3 Å². The van der Waals surface area contributed by atoms with Crippen LogP contribution in [0.15, 0.2) is 42.5 Å². The molecule has 0 fully saturated rings. The largest absolute Gasteiger partial charge is 0.492 e. The summed E-state index contributed by atoms with van der Waals surface area (Å²) in [7, 11) is 0. The Morgan fingerprint density at radius 1 is 1.00 bits per heavy atom. The van der Waals surface area contributed by atoms with Gasteiger partial charge in [-0.15, -0.1) is 0 Å². The summed E-state index contributed by atoms with van der Waals surface area (Å²) in [5.41, 5.74) is 12.8. The normalized spacial score (nSPS) is 12.2. The maximum absolute atomic E-state index is 13.3. The Balaban J connectivity index is 2.17.